The zero-order valence-corrected chi connectivity index (χ0v) is 14.9. The minimum absolute atomic E-state index is 0.0897. The van der Waals surface area contributed by atoms with Crippen molar-refractivity contribution < 1.29 is 9.59 Å². The van der Waals surface area contributed by atoms with Crippen molar-refractivity contribution in [3.8, 4) is 0 Å². The van der Waals surface area contributed by atoms with Gasteiger partial charge in [0.05, 0.1) is 0 Å². The maximum atomic E-state index is 11.9. The Labute approximate surface area is 138 Å². The molecule has 5 nitrogen and oxygen atoms in total. The van der Waals surface area contributed by atoms with E-state index < -0.39 is 0 Å². The molecule has 0 aliphatic heterocycles. The lowest BCUT2D eigenvalue weighted by Gasteiger charge is -2.17. The molecule has 0 unspecified atom stereocenters. The molecule has 0 aromatic heterocycles. The second-order valence-corrected chi connectivity index (χ2v) is 6.85. The van der Waals surface area contributed by atoms with Crippen molar-refractivity contribution in [3.05, 3.63) is 29.3 Å². The van der Waals surface area contributed by atoms with Crippen molar-refractivity contribution in [1.82, 2.24) is 5.43 Å². The maximum Gasteiger partial charge on any atom is 0.240 e. The molecule has 2 N–H and O–H groups in total. The molecule has 0 bridgehead atoms. The van der Waals surface area contributed by atoms with Gasteiger partial charge in [0, 0.05) is 29.7 Å². The van der Waals surface area contributed by atoms with E-state index in [1.807, 2.05) is 59.7 Å². The first-order valence-electron chi connectivity index (χ1n) is 7.80. The van der Waals surface area contributed by atoms with Crippen LogP contribution >= 0.6 is 0 Å². The molecule has 0 atom stereocenters. The Morgan fingerprint density at radius 2 is 1.70 bits per heavy atom. The summed E-state index contributed by atoms with van der Waals surface area (Å²) in [5.74, 6) is -0.437. The first kappa shape index (κ1) is 18.9. The van der Waals surface area contributed by atoms with Crippen LogP contribution in [0.3, 0.4) is 0 Å². The van der Waals surface area contributed by atoms with Gasteiger partial charge in [-0.05, 0) is 32.4 Å². The zero-order chi connectivity index (χ0) is 17.6. The van der Waals surface area contributed by atoms with Crippen molar-refractivity contribution in [2.45, 2.75) is 54.4 Å². The van der Waals surface area contributed by atoms with E-state index in [4.69, 9.17) is 0 Å². The SMILES string of the molecule is C/C(=N\NC(=O)CCC(=O)Nc1ccc(C)cc1C)C(C)(C)C. The van der Waals surface area contributed by atoms with Crippen LogP contribution in [-0.2, 0) is 9.59 Å². The van der Waals surface area contributed by atoms with E-state index in [9.17, 15) is 9.59 Å². The van der Waals surface area contributed by atoms with E-state index in [0.29, 0.717) is 0 Å². The number of carbonyl (C=O) groups is 2. The van der Waals surface area contributed by atoms with Crippen molar-refractivity contribution in [2.75, 3.05) is 5.32 Å². The highest BCUT2D eigenvalue weighted by Crippen LogP contribution is 2.16. The van der Waals surface area contributed by atoms with Gasteiger partial charge >= 0.3 is 0 Å². The number of nitrogens with zero attached hydrogens (tertiary/aromatic N) is 1. The molecule has 2 amide bonds. The van der Waals surface area contributed by atoms with Crippen molar-refractivity contribution in [1.29, 1.82) is 0 Å². The molecule has 0 radical (unpaired) electrons. The van der Waals surface area contributed by atoms with Crippen LogP contribution in [-0.4, -0.2) is 17.5 Å². The molecular weight excluding hydrogens is 290 g/mol. The van der Waals surface area contributed by atoms with E-state index >= 15 is 0 Å². The number of nitrogens with one attached hydrogen (secondary N) is 2. The van der Waals surface area contributed by atoms with Gasteiger partial charge in [-0.2, -0.15) is 5.10 Å². The third-order valence-electron chi connectivity index (χ3n) is 3.67. The Hall–Kier alpha value is -2.17. The number of amides is 2. The van der Waals surface area contributed by atoms with Gasteiger partial charge in [-0.1, -0.05) is 38.5 Å². The Bertz CT molecular complexity index is 613. The smallest absolute Gasteiger partial charge is 0.240 e. The van der Waals surface area contributed by atoms with Gasteiger partial charge in [0.25, 0.3) is 0 Å². The van der Waals surface area contributed by atoms with Crippen molar-refractivity contribution in [2.24, 2.45) is 10.5 Å². The molecule has 126 valence electrons. The fourth-order valence-electron chi connectivity index (χ4n) is 1.76. The average molecular weight is 317 g/mol. The number of benzene rings is 1. The summed E-state index contributed by atoms with van der Waals surface area (Å²) in [5.41, 5.74) is 6.18. The first-order valence-corrected chi connectivity index (χ1v) is 7.80. The second-order valence-electron chi connectivity index (χ2n) is 6.85. The molecule has 5 heteroatoms. The minimum Gasteiger partial charge on any atom is -0.326 e. The van der Waals surface area contributed by atoms with Crippen LogP contribution in [0.1, 0.15) is 51.7 Å². The number of hydrogen-bond acceptors (Lipinski definition) is 3. The van der Waals surface area contributed by atoms with Gasteiger partial charge in [-0.25, -0.2) is 5.43 Å². The van der Waals surface area contributed by atoms with Gasteiger partial charge in [0.15, 0.2) is 0 Å². The van der Waals surface area contributed by atoms with Crippen molar-refractivity contribution >= 4 is 23.2 Å². The normalized spacial score (nSPS) is 12.0. The fraction of sp³-hybridized carbons (Fsp3) is 0.500. The van der Waals surface area contributed by atoms with E-state index in [1.165, 1.54) is 0 Å². The van der Waals surface area contributed by atoms with Crippen LogP contribution in [0.4, 0.5) is 5.69 Å². The molecule has 1 aromatic rings. The third-order valence-corrected chi connectivity index (χ3v) is 3.67. The highest BCUT2D eigenvalue weighted by Gasteiger charge is 2.15. The average Bonchev–Trinajstić information content (AvgIpc) is 2.44. The maximum absolute atomic E-state index is 11.9. The Balaban J connectivity index is 2.45. The predicted octanol–water partition coefficient (Wildman–Crippen LogP) is 3.56. The van der Waals surface area contributed by atoms with Crippen molar-refractivity contribution in [3.63, 3.8) is 0 Å². The van der Waals surface area contributed by atoms with Crippen LogP contribution in [0.25, 0.3) is 0 Å². The molecule has 1 rings (SSSR count). The molecule has 0 aliphatic carbocycles. The lowest BCUT2D eigenvalue weighted by Crippen LogP contribution is -2.25. The van der Waals surface area contributed by atoms with Crippen LogP contribution in [0, 0.1) is 19.3 Å². The summed E-state index contributed by atoms with van der Waals surface area (Å²) < 4.78 is 0. The summed E-state index contributed by atoms with van der Waals surface area (Å²) in [4.78, 5) is 23.7. The summed E-state index contributed by atoms with van der Waals surface area (Å²) in [5, 5.41) is 6.89. The predicted molar refractivity (Wildman–Crippen MR) is 94.5 cm³/mol. The summed E-state index contributed by atoms with van der Waals surface area (Å²) in [6, 6.07) is 5.82. The van der Waals surface area contributed by atoms with Gasteiger partial charge < -0.3 is 5.32 Å². The van der Waals surface area contributed by atoms with Crippen LogP contribution in [0.2, 0.25) is 0 Å². The number of hydrazone groups is 1. The molecule has 0 saturated carbocycles. The van der Waals surface area contributed by atoms with Gasteiger partial charge in [-0.3, -0.25) is 9.59 Å². The third kappa shape index (κ3) is 6.63. The second kappa shape index (κ2) is 7.90. The molecule has 0 fully saturated rings. The summed E-state index contributed by atoms with van der Waals surface area (Å²) in [6.07, 6.45) is 0.237. The quantitative estimate of drug-likeness (QED) is 0.644. The topological polar surface area (TPSA) is 70.6 Å². The fourth-order valence-corrected chi connectivity index (χ4v) is 1.76. The number of anilines is 1. The Kier molecular flexibility index (Phi) is 6.49. The monoisotopic (exact) mass is 317 g/mol. The number of rotatable bonds is 5. The number of aryl methyl sites for hydroxylation is 2. The Morgan fingerprint density at radius 1 is 1.09 bits per heavy atom. The molecule has 0 spiro atoms. The summed E-state index contributed by atoms with van der Waals surface area (Å²) >= 11 is 0. The Morgan fingerprint density at radius 3 is 2.26 bits per heavy atom. The molecule has 23 heavy (non-hydrogen) atoms. The molecule has 1 aromatic carbocycles. The standard InChI is InChI=1S/C18H27N3O2/c1-12-7-8-15(13(2)11-12)19-16(22)9-10-17(23)21-20-14(3)18(4,5)6/h7-8,11H,9-10H2,1-6H3,(H,19,22)(H,21,23)/b20-14+. The van der Waals surface area contributed by atoms with E-state index in [1.54, 1.807) is 0 Å². The van der Waals surface area contributed by atoms with E-state index in [0.717, 1.165) is 22.5 Å². The van der Waals surface area contributed by atoms with Crippen LogP contribution < -0.4 is 10.7 Å². The van der Waals surface area contributed by atoms with E-state index in [2.05, 4.69) is 15.8 Å². The van der Waals surface area contributed by atoms with E-state index in [-0.39, 0.29) is 30.1 Å². The number of carbonyl (C=O) groups excluding carboxylic acids is 2. The highest BCUT2D eigenvalue weighted by atomic mass is 16.2. The lowest BCUT2D eigenvalue weighted by molar-refractivity contribution is -0.124. The van der Waals surface area contributed by atoms with Gasteiger partial charge in [-0.15, -0.1) is 0 Å². The molecule has 0 aliphatic rings. The highest BCUT2D eigenvalue weighted by molar-refractivity contribution is 5.94. The molecule has 0 saturated heterocycles. The molecule has 0 heterocycles. The summed E-state index contributed by atoms with van der Waals surface area (Å²) in [7, 11) is 0. The van der Waals surface area contributed by atoms with Crippen LogP contribution in [0.15, 0.2) is 23.3 Å². The van der Waals surface area contributed by atoms with Crippen LogP contribution in [0.5, 0.6) is 0 Å². The molecular formula is C18H27N3O2. The van der Waals surface area contributed by atoms with Gasteiger partial charge in [0.2, 0.25) is 11.8 Å². The summed E-state index contributed by atoms with van der Waals surface area (Å²) in [6.45, 7) is 11.9. The zero-order valence-electron chi connectivity index (χ0n) is 14.9. The minimum atomic E-state index is -0.260. The first-order chi connectivity index (χ1) is 10.6. The van der Waals surface area contributed by atoms with Gasteiger partial charge in [0.1, 0.15) is 0 Å². The number of hydrogen-bond donors (Lipinski definition) is 2. The lowest BCUT2D eigenvalue weighted by atomic mass is 9.91. The largest absolute Gasteiger partial charge is 0.326 e.